The van der Waals surface area contributed by atoms with Crippen molar-refractivity contribution in [2.75, 3.05) is 19.8 Å². The van der Waals surface area contributed by atoms with Crippen LogP contribution >= 0.6 is 11.6 Å². The van der Waals surface area contributed by atoms with Crippen LogP contribution in [0.15, 0.2) is 11.6 Å². The molecule has 1 unspecified atom stereocenters. The van der Waals surface area contributed by atoms with Gasteiger partial charge in [0.05, 0.1) is 13.2 Å². The van der Waals surface area contributed by atoms with Crippen molar-refractivity contribution in [3.05, 3.63) is 11.6 Å². The Hall–Kier alpha value is -0.0500. The second-order valence-corrected chi connectivity index (χ2v) is 2.94. The molecule has 1 saturated heterocycles. The summed E-state index contributed by atoms with van der Waals surface area (Å²) in [7, 11) is 0. The van der Waals surface area contributed by atoms with Gasteiger partial charge in [-0.25, -0.2) is 0 Å². The van der Waals surface area contributed by atoms with E-state index in [0.29, 0.717) is 12.6 Å². The first-order valence-corrected chi connectivity index (χ1v) is 4.43. The minimum atomic E-state index is 0.568. The Kier molecular flexibility index (Phi) is 4.59. The fourth-order valence-corrected chi connectivity index (χ4v) is 1.29. The molecule has 0 aliphatic carbocycles. The van der Waals surface area contributed by atoms with Crippen molar-refractivity contribution in [1.29, 1.82) is 0 Å². The van der Waals surface area contributed by atoms with E-state index in [-0.39, 0.29) is 0 Å². The number of ether oxygens (including phenoxy) is 1. The normalized spacial score (nSPS) is 25.0. The van der Waals surface area contributed by atoms with Crippen molar-refractivity contribution in [3.63, 3.8) is 0 Å². The molecule has 1 aliphatic rings. The molecule has 11 heavy (non-hydrogen) atoms. The molecule has 1 rings (SSSR count). The van der Waals surface area contributed by atoms with Crippen LogP contribution in [0.4, 0.5) is 0 Å². The van der Waals surface area contributed by atoms with E-state index in [1.807, 2.05) is 0 Å². The van der Waals surface area contributed by atoms with Crippen LogP contribution in [-0.4, -0.2) is 25.8 Å². The predicted molar refractivity (Wildman–Crippen MR) is 46.8 cm³/mol. The molecular formula is C8H14ClNO. The first-order chi connectivity index (χ1) is 5.43. The van der Waals surface area contributed by atoms with Gasteiger partial charge in [-0.3, -0.25) is 0 Å². The Labute approximate surface area is 72.6 Å². The maximum absolute atomic E-state index is 5.32. The molecular weight excluding hydrogens is 162 g/mol. The Morgan fingerprint density at radius 2 is 2.55 bits per heavy atom. The Morgan fingerprint density at radius 1 is 1.64 bits per heavy atom. The lowest BCUT2D eigenvalue weighted by Gasteiger charge is -2.08. The van der Waals surface area contributed by atoms with Crippen molar-refractivity contribution in [1.82, 2.24) is 5.32 Å². The summed E-state index contributed by atoms with van der Waals surface area (Å²) in [6, 6.07) is 0.568. The van der Waals surface area contributed by atoms with Crippen molar-refractivity contribution in [2.24, 2.45) is 0 Å². The quantitative estimate of drug-likeness (QED) is 0.655. The molecule has 0 aromatic carbocycles. The first kappa shape index (κ1) is 9.04. The van der Waals surface area contributed by atoms with Gasteiger partial charge >= 0.3 is 0 Å². The largest absolute Gasteiger partial charge is 0.376 e. The van der Waals surface area contributed by atoms with Gasteiger partial charge in [-0.15, -0.1) is 0 Å². The maximum atomic E-state index is 5.32. The molecule has 64 valence electrons. The second-order valence-electron chi connectivity index (χ2n) is 2.69. The van der Waals surface area contributed by atoms with E-state index >= 15 is 0 Å². The van der Waals surface area contributed by atoms with Gasteiger partial charge in [0.25, 0.3) is 0 Å². The molecule has 1 fully saturated rings. The molecule has 0 radical (unpaired) electrons. The zero-order chi connectivity index (χ0) is 7.94. The summed E-state index contributed by atoms with van der Waals surface area (Å²) < 4.78 is 5.32. The van der Waals surface area contributed by atoms with Crippen LogP contribution in [0.5, 0.6) is 0 Å². The van der Waals surface area contributed by atoms with Gasteiger partial charge in [-0.2, -0.15) is 0 Å². The highest BCUT2D eigenvalue weighted by Gasteiger charge is 2.12. The summed E-state index contributed by atoms with van der Waals surface area (Å²) in [4.78, 5) is 0. The van der Waals surface area contributed by atoms with Crippen LogP contribution < -0.4 is 5.32 Å². The number of hydrogen-bond acceptors (Lipinski definition) is 2. The monoisotopic (exact) mass is 175 g/mol. The molecule has 0 spiro atoms. The molecule has 3 heteroatoms. The maximum Gasteiger partial charge on any atom is 0.0659 e. The zero-order valence-corrected chi connectivity index (χ0v) is 7.31. The molecule has 0 bridgehead atoms. The Morgan fingerprint density at radius 3 is 3.18 bits per heavy atom. The second kappa shape index (κ2) is 5.58. The van der Waals surface area contributed by atoms with Crippen molar-refractivity contribution < 1.29 is 4.74 Å². The van der Waals surface area contributed by atoms with Crippen LogP contribution in [0.25, 0.3) is 0 Å². The summed E-state index contributed by atoms with van der Waals surface area (Å²) in [5.74, 6) is 0. The van der Waals surface area contributed by atoms with E-state index in [1.165, 1.54) is 18.4 Å². The standard InChI is InChI=1S/C8H14ClNO/c9-4-2-6-11-7-8-3-1-5-10-8/h2,4,8,10H,1,3,5-7H2/b4-2+. The van der Waals surface area contributed by atoms with Crippen molar-refractivity contribution in [3.8, 4) is 0 Å². The van der Waals surface area contributed by atoms with E-state index in [4.69, 9.17) is 16.3 Å². The molecule has 0 aromatic heterocycles. The van der Waals surface area contributed by atoms with Crippen LogP contribution in [0.1, 0.15) is 12.8 Å². The lowest BCUT2D eigenvalue weighted by Crippen LogP contribution is -2.26. The zero-order valence-electron chi connectivity index (χ0n) is 6.55. The Bertz CT molecular complexity index is 121. The van der Waals surface area contributed by atoms with Gasteiger partial charge in [0.1, 0.15) is 0 Å². The van der Waals surface area contributed by atoms with E-state index < -0.39 is 0 Å². The third-order valence-electron chi connectivity index (χ3n) is 1.78. The molecule has 0 saturated carbocycles. The molecule has 0 amide bonds. The third kappa shape index (κ3) is 3.75. The predicted octanol–water partition coefficient (Wildman–Crippen LogP) is 1.51. The topological polar surface area (TPSA) is 21.3 Å². The van der Waals surface area contributed by atoms with E-state index in [0.717, 1.165) is 13.2 Å². The summed E-state index contributed by atoms with van der Waals surface area (Å²) >= 11 is 5.32. The first-order valence-electron chi connectivity index (χ1n) is 4.00. The molecule has 1 aliphatic heterocycles. The molecule has 0 aromatic rings. The minimum absolute atomic E-state index is 0.568. The number of halogens is 1. The summed E-state index contributed by atoms with van der Waals surface area (Å²) in [6.07, 6.45) is 4.32. The number of hydrogen-bond donors (Lipinski definition) is 1. The summed E-state index contributed by atoms with van der Waals surface area (Å²) in [6.45, 7) is 2.57. The average molecular weight is 176 g/mol. The minimum Gasteiger partial charge on any atom is -0.376 e. The van der Waals surface area contributed by atoms with Gasteiger partial charge in [0.15, 0.2) is 0 Å². The fraction of sp³-hybridized carbons (Fsp3) is 0.750. The third-order valence-corrected chi connectivity index (χ3v) is 1.96. The van der Waals surface area contributed by atoms with Crippen LogP contribution in [0, 0.1) is 0 Å². The highest BCUT2D eigenvalue weighted by molar-refractivity contribution is 6.25. The Balaban J connectivity index is 1.93. The number of nitrogens with one attached hydrogen (secondary N) is 1. The van der Waals surface area contributed by atoms with E-state index in [2.05, 4.69) is 5.32 Å². The van der Waals surface area contributed by atoms with Crippen LogP contribution in [-0.2, 0) is 4.74 Å². The lowest BCUT2D eigenvalue weighted by atomic mass is 10.2. The highest BCUT2D eigenvalue weighted by Crippen LogP contribution is 2.04. The van der Waals surface area contributed by atoms with Crippen molar-refractivity contribution >= 4 is 11.6 Å². The van der Waals surface area contributed by atoms with Gasteiger partial charge in [0.2, 0.25) is 0 Å². The highest BCUT2D eigenvalue weighted by atomic mass is 35.5. The molecule has 1 N–H and O–H groups in total. The lowest BCUT2D eigenvalue weighted by molar-refractivity contribution is 0.141. The average Bonchev–Trinajstić information content (AvgIpc) is 2.50. The van der Waals surface area contributed by atoms with Gasteiger partial charge < -0.3 is 10.1 Å². The molecule has 1 atom stereocenters. The summed E-state index contributed by atoms with van der Waals surface area (Å²) in [5.41, 5.74) is 1.49. The smallest absolute Gasteiger partial charge is 0.0659 e. The van der Waals surface area contributed by atoms with Gasteiger partial charge in [0, 0.05) is 11.6 Å². The van der Waals surface area contributed by atoms with Gasteiger partial charge in [-0.05, 0) is 25.5 Å². The summed E-state index contributed by atoms with van der Waals surface area (Å²) in [5, 5.41) is 3.35. The van der Waals surface area contributed by atoms with Gasteiger partial charge in [-0.1, -0.05) is 11.6 Å². The van der Waals surface area contributed by atoms with Crippen LogP contribution in [0.2, 0.25) is 0 Å². The molecule has 1 heterocycles. The molecule has 2 nitrogen and oxygen atoms in total. The number of rotatable bonds is 4. The SMILES string of the molecule is Cl/C=C/COCC1CCCN1. The van der Waals surface area contributed by atoms with E-state index in [1.54, 1.807) is 6.08 Å². The van der Waals surface area contributed by atoms with Crippen LogP contribution in [0.3, 0.4) is 0 Å². The fourth-order valence-electron chi connectivity index (χ4n) is 1.21. The van der Waals surface area contributed by atoms with E-state index in [9.17, 15) is 0 Å². The van der Waals surface area contributed by atoms with Crippen molar-refractivity contribution in [2.45, 2.75) is 18.9 Å².